The Morgan fingerprint density at radius 2 is 1.73 bits per heavy atom. The highest BCUT2D eigenvalue weighted by Gasteiger charge is 2.23. The second kappa shape index (κ2) is 9.60. The summed E-state index contributed by atoms with van der Waals surface area (Å²) >= 11 is 5.58. The number of nitrogens with zero attached hydrogens (tertiary/aromatic N) is 4. The number of thiocarbonyl (C=S) groups is 1. The van der Waals surface area contributed by atoms with Gasteiger partial charge in [-0.2, -0.15) is 9.97 Å². The van der Waals surface area contributed by atoms with Crippen molar-refractivity contribution < 1.29 is 0 Å². The van der Waals surface area contributed by atoms with Gasteiger partial charge in [0.15, 0.2) is 5.11 Å². The molecule has 0 saturated carbocycles. The number of rotatable bonds is 5. The van der Waals surface area contributed by atoms with Gasteiger partial charge in [-0.15, -0.1) is 0 Å². The van der Waals surface area contributed by atoms with Crippen molar-refractivity contribution in [2.75, 3.05) is 34.8 Å². The first-order valence-corrected chi connectivity index (χ1v) is 11.5. The van der Waals surface area contributed by atoms with Crippen LogP contribution in [0.15, 0.2) is 36.4 Å². The highest BCUT2D eigenvalue weighted by molar-refractivity contribution is 7.80. The van der Waals surface area contributed by atoms with E-state index in [1.807, 2.05) is 18.2 Å². The average molecular weight is 425 g/mol. The molecule has 2 atom stereocenters. The molecule has 3 heterocycles. The van der Waals surface area contributed by atoms with Crippen LogP contribution < -0.4 is 20.4 Å². The molecule has 0 amide bonds. The molecule has 1 aromatic heterocycles. The summed E-state index contributed by atoms with van der Waals surface area (Å²) in [5.41, 5.74) is 1.19. The van der Waals surface area contributed by atoms with Gasteiger partial charge >= 0.3 is 0 Å². The van der Waals surface area contributed by atoms with Gasteiger partial charge < -0.3 is 20.4 Å². The summed E-state index contributed by atoms with van der Waals surface area (Å²) < 4.78 is 0. The van der Waals surface area contributed by atoms with Crippen molar-refractivity contribution in [3.8, 4) is 0 Å². The molecule has 2 N–H and O–H groups in total. The Morgan fingerprint density at radius 3 is 2.47 bits per heavy atom. The molecule has 6 nitrogen and oxygen atoms in total. The number of benzene rings is 1. The van der Waals surface area contributed by atoms with Crippen LogP contribution in [0.2, 0.25) is 0 Å². The number of anilines is 3. The fourth-order valence-corrected chi connectivity index (χ4v) is 4.60. The van der Waals surface area contributed by atoms with Gasteiger partial charge in [0.1, 0.15) is 11.6 Å². The molecule has 0 bridgehead atoms. The number of hydrogen-bond donors (Lipinski definition) is 2. The second-order valence-corrected chi connectivity index (χ2v) is 8.78. The van der Waals surface area contributed by atoms with Crippen LogP contribution in [0.3, 0.4) is 0 Å². The summed E-state index contributed by atoms with van der Waals surface area (Å²) in [6, 6.07) is 13.1. The first-order valence-electron chi connectivity index (χ1n) is 11.1. The lowest BCUT2D eigenvalue weighted by atomic mass is 10.0. The molecule has 1 aromatic carbocycles. The Hall–Kier alpha value is -2.41. The quantitative estimate of drug-likeness (QED) is 0.685. The minimum atomic E-state index is 0.106. The van der Waals surface area contributed by atoms with Gasteiger partial charge in [-0.1, -0.05) is 30.3 Å². The van der Waals surface area contributed by atoms with Crippen LogP contribution in [0, 0.1) is 0 Å². The Morgan fingerprint density at radius 1 is 1.03 bits per heavy atom. The summed E-state index contributed by atoms with van der Waals surface area (Å²) in [5.74, 6) is 2.57. The van der Waals surface area contributed by atoms with E-state index in [0.717, 1.165) is 31.3 Å². The second-order valence-electron chi connectivity index (χ2n) is 8.37. The van der Waals surface area contributed by atoms with Crippen LogP contribution in [0.25, 0.3) is 0 Å². The highest BCUT2D eigenvalue weighted by Crippen LogP contribution is 2.28. The SMILES string of the molecule is C[C@@H]1CCCCN1c1cc(N2CCCC2)nc(NC(=S)N[C@H](C)c2ccccc2)n1. The largest absolute Gasteiger partial charge is 0.356 e. The van der Waals surface area contributed by atoms with E-state index in [1.54, 1.807) is 0 Å². The number of aromatic nitrogens is 2. The van der Waals surface area contributed by atoms with Gasteiger partial charge in [0, 0.05) is 31.7 Å². The van der Waals surface area contributed by atoms with Crippen molar-refractivity contribution in [3.63, 3.8) is 0 Å². The Bertz CT molecular complexity index is 852. The third kappa shape index (κ3) is 5.01. The Balaban J connectivity index is 1.53. The third-order valence-corrected chi connectivity index (χ3v) is 6.32. The van der Waals surface area contributed by atoms with Gasteiger partial charge in [0.2, 0.25) is 5.95 Å². The molecule has 30 heavy (non-hydrogen) atoms. The molecule has 4 rings (SSSR count). The van der Waals surface area contributed by atoms with Gasteiger partial charge in [-0.25, -0.2) is 0 Å². The molecule has 0 unspecified atom stereocenters. The molecule has 0 radical (unpaired) electrons. The van der Waals surface area contributed by atoms with Crippen LogP contribution in [-0.2, 0) is 0 Å². The van der Waals surface area contributed by atoms with E-state index in [9.17, 15) is 0 Å². The fourth-order valence-electron chi connectivity index (χ4n) is 4.33. The fraction of sp³-hybridized carbons (Fsp3) is 0.522. The first kappa shape index (κ1) is 20.8. The van der Waals surface area contributed by atoms with Gasteiger partial charge in [0.25, 0.3) is 0 Å². The normalized spacial score (nSPS) is 20.1. The minimum absolute atomic E-state index is 0.106. The van der Waals surface area contributed by atoms with E-state index >= 15 is 0 Å². The summed E-state index contributed by atoms with van der Waals surface area (Å²) in [5, 5.41) is 7.14. The summed E-state index contributed by atoms with van der Waals surface area (Å²) in [6.07, 6.45) is 6.15. The van der Waals surface area contributed by atoms with E-state index < -0.39 is 0 Å². The van der Waals surface area contributed by atoms with Crippen LogP contribution in [0.5, 0.6) is 0 Å². The molecule has 0 spiro atoms. The maximum atomic E-state index is 5.58. The van der Waals surface area contributed by atoms with Crippen molar-refractivity contribution in [1.82, 2.24) is 15.3 Å². The Kier molecular flexibility index (Phi) is 6.67. The summed E-state index contributed by atoms with van der Waals surface area (Å²) in [4.78, 5) is 14.4. The van der Waals surface area contributed by atoms with E-state index in [-0.39, 0.29) is 6.04 Å². The van der Waals surface area contributed by atoms with Gasteiger partial charge in [-0.3, -0.25) is 0 Å². The molecule has 2 aromatic rings. The number of nitrogens with one attached hydrogen (secondary N) is 2. The lowest BCUT2D eigenvalue weighted by Gasteiger charge is -2.35. The zero-order valence-electron chi connectivity index (χ0n) is 18.0. The third-order valence-electron chi connectivity index (χ3n) is 6.10. The topological polar surface area (TPSA) is 56.3 Å². The zero-order valence-corrected chi connectivity index (χ0v) is 18.8. The molecule has 160 valence electrons. The first-order chi connectivity index (χ1) is 14.6. The minimum Gasteiger partial charge on any atom is -0.356 e. The smallest absolute Gasteiger partial charge is 0.232 e. The van der Waals surface area contributed by atoms with Crippen LogP contribution in [0.1, 0.15) is 57.6 Å². The van der Waals surface area contributed by atoms with Crippen LogP contribution in [-0.4, -0.2) is 40.8 Å². The molecule has 2 saturated heterocycles. The standard InChI is InChI=1S/C23H32N6S/c1-17-10-6-7-15-29(17)21-16-20(28-13-8-9-14-28)25-22(26-21)27-23(30)24-18(2)19-11-4-3-5-12-19/h3-5,11-12,16-18H,6-10,13-15H2,1-2H3,(H2,24,25,26,27,30)/t17-,18-/m1/s1. The molecular weight excluding hydrogens is 392 g/mol. The monoisotopic (exact) mass is 424 g/mol. The Labute approximate surface area is 185 Å². The van der Waals surface area contributed by atoms with Gasteiger partial charge in [-0.05, 0) is 63.7 Å². The number of piperidine rings is 1. The van der Waals surface area contributed by atoms with E-state index in [4.69, 9.17) is 22.2 Å². The predicted octanol–water partition coefficient (Wildman–Crippen LogP) is 4.50. The summed E-state index contributed by atoms with van der Waals surface area (Å²) in [6.45, 7) is 7.55. The molecule has 0 aliphatic carbocycles. The van der Waals surface area contributed by atoms with Crippen LogP contribution >= 0.6 is 12.2 Å². The van der Waals surface area contributed by atoms with Crippen molar-refractivity contribution in [3.05, 3.63) is 42.0 Å². The van der Waals surface area contributed by atoms with Crippen molar-refractivity contribution in [2.45, 2.75) is 58.0 Å². The lowest BCUT2D eigenvalue weighted by molar-refractivity contribution is 0.481. The van der Waals surface area contributed by atoms with Crippen molar-refractivity contribution in [1.29, 1.82) is 0 Å². The van der Waals surface area contributed by atoms with Gasteiger partial charge in [0.05, 0.1) is 6.04 Å². The molecule has 2 aliphatic heterocycles. The van der Waals surface area contributed by atoms with Crippen LogP contribution in [0.4, 0.5) is 17.6 Å². The zero-order chi connectivity index (χ0) is 20.9. The summed E-state index contributed by atoms with van der Waals surface area (Å²) in [7, 11) is 0. The number of hydrogen-bond acceptors (Lipinski definition) is 5. The molecule has 7 heteroatoms. The average Bonchev–Trinajstić information content (AvgIpc) is 3.29. The van der Waals surface area contributed by atoms with E-state index in [2.05, 4.69) is 52.5 Å². The highest BCUT2D eigenvalue weighted by atomic mass is 32.1. The molecule has 2 fully saturated rings. The van der Waals surface area contributed by atoms with E-state index in [1.165, 1.54) is 37.7 Å². The molecule has 2 aliphatic rings. The predicted molar refractivity (Wildman–Crippen MR) is 128 cm³/mol. The van der Waals surface area contributed by atoms with Crippen molar-refractivity contribution in [2.24, 2.45) is 0 Å². The maximum Gasteiger partial charge on any atom is 0.232 e. The molecular formula is C23H32N6S. The maximum absolute atomic E-state index is 5.58. The van der Waals surface area contributed by atoms with E-state index in [0.29, 0.717) is 17.1 Å². The van der Waals surface area contributed by atoms with Crippen molar-refractivity contribution >= 4 is 34.9 Å². The lowest BCUT2D eigenvalue weighted by Crippen LogP contribution is -2.38.